The SMILES string of the molecule is CN(Cc1ccccc1)[C@@H](C(=O)O)c1ccc(NC(=O)N2CCOCC2)cc1. The maximum absolute atomic E-state index is 12.3. The van der Waals surface area contributed by atoms with Gasteiger partial charge in [-0.2, -0.15) is 0 Å². The molecule has 2 N–H and O–H groups in total. The Labute approximate surface area is 164 Å². The molecule has 3 rings (SSSR count). The summed E-state index contributed by atoms with van der Waals surface area (Å²) in [6.07, 6.45) is 0. The molecule has 1 atom stereocenters. The summed E-state index contributed by atoms with van der Waals surface area (Å²) >= 11 is 0. The normalized spacial score (nSPS) is 15.3. The Hall–Kier alpha value is -2.90. The second-order valence-electron chi connectivity index (χ2n) is 6.79. The Morgan fingerprint density at radius 3 is 2.36 bits per heavy atom. The standard InChI is InChI=1S/C21H25N3O4/c1-23(15-16-5-3-2-4-6-16)19(20(25)26)17-7-9-18(10-8-17)22-21(27)24-11-13-28-14-12-24/h2-10,19H,11-15H2,1H3,(H,22,27)(H,25,26)/t19-/m1/s1. The Balaban J connectivity index is 1.66. The number of morpholine rings is 1. The Kier molecular flexibility index (Phi) is 6.62. The summed E-state index contributed by atoms with van der Waals surface area (Å²) in [4.78, 5) is 27.6. The van der Waals surface area contributed by atoms with E-state index in [-0.39, 0.29) is 6.03 Å². The molecule has 1 saturated heterocycles. The molecule has 0 unspecified atom stereocenters. The van der Waals surface area contributed by atoms with E-state index in [0.717, 1.165) is 5.56 Å². The molecule has 1 fully saturated rings. The van der Waals surface area contributed by atoms with Crippen molar-refractivity contribution in [2.24, 2.45) is 0 Å². The summed E-state index contributed by atoms with van der Waals surface area (Å²) in [7, 11) is 1.79. The van der Waals surface area contributed by atoms with Crippen molar-refractivity contribution in [2.45, 2.75) is 12.6 Å². The van der Waals surface area contributed by atoms with Crippen LogP contribution in [0.1, 0.15) is 17.2 Å². The molecule has 0 aromatic heterocycles. The fourth-order valence-electron chi connectivity index (χ4n) is 3.27. The molecular weight excluding hydrogens is 358 g/mol. The number of carbonyl (C=O) groups is 2. The van der Waals surface area contributed by atoms with Gasteiger partial charge < -0.3 is 20.1 Å². The van der Waals surface area contributed by atoms with Crippen molar-refractivity contribution < 1.29 is 19.4 Å². The Morgan fingerprint density at radius 2 is 1.75 bits per heavy atom. The molecule has 7 heteroatoms. The lowest BCUT2D eigenvalue weighted by Gasteiger charge is -2.27. The molecule has 0 spiro atoms. The average molecular weight is 383 g/mol. The molecule has 2 aromatic carbocycles. The molecule has 0 bridgehead atoms. The van der Waals surface area contributed by atoms with Crippen LogP contribution in [0.4, 0.5) is 10.5 Å². The summed E-state index contributed by atoms with van der Waals surface area (Å²) < 4.78 is 5.25. The predicted molar refractivity (Wildman–Crippen MR) is 106 cm³/mol. The zero-order valence-electron chi connectivity index (χ0n) is 15.9. The van der Waals surface area contributed by atoms with E-state index in [1.807, 2.05) is 30.3 Å². The number of carbonyl (C=O) groups excluding carboxylic acids is 1. The van der Waals surface area contributed by atoms with Crippen LogP contribution in [0.2, 0.25) is 0 Å². The van der Waals surface area contributed by atoms with Gasteiger partial charge in [-0.3, -0.25) is 9.69 Å². The highest BCUT2D eigenvalue weighted by Crippen LogP contribution is 2.23. The monoisotopic (exact) mass is 383 g/mol. The van der Waals surface area contributed by atoms with Gasteiger partial charge in [-0.1, -0.05) is 42.5 Å². The number of urea groups is 1. The topological polar surface area (TPSA) is 82.1 Å². The first-order valence-electron chi connectivity index (χ1n) is 9.25. The number of rotatable bonds is 6. The van der Waals surface area contributed by atoms with E-state index in [4.69, 9.17) is 4.74 Å². The van der Waals surface area contributed by atoms with Crippen LogP contribution in [0, 0.1) is 0 Å². The highest BCUT2D eigenvalue weighted by Gasteiger charge is 2.25. The number of amides is 2. The fourth-order valence-corrected chi connectivity index (χ4v) is 3.27. The molecule has 1 aliphatic heterocycles. The lowest BCUT2D eigenvalue weighted by molar-refractivity contribution is -0.143. The molecule has 2 aromatic rings. The summed E-state index contributed by atoms with van der Waals surface area (Å²) in [6, 6.07) is 15.8. The first kappa shape index (κ1) is 19.9. The molecule has 0 radical (unpaired) electrons. The number of aliphatic carboxylic acids is 1. The van der Waals surface area contributed by atoms with Crippen LogP contribution in [0.5, 0.6) is 0 Å². The Bertz CT molecular complexity index is 789. The minimum atomic E-state index is -0.913. The van der Waals surface area contributed by atoms with Crippen molar-refractivity contribution in [3.8, 4) is 0 Å². The summed E-state index contributed by atoms with van der Waals surface area (Å²) in [5.74, 6) is -0.913. The minimum Gasteiger partial charge on any atom is -0.480 e. The summed E-state index contributed by atoms with van der Waals surface area (Å²) in [6.45, 7) is 2.73. The maximum Gasteiger partial charge on any atom is 0.325 e. The van der Waals surface area contributed by atoms with Gasteiger partial charge in [0.1, 0.15) is 6.04 Å². The molecular formula is C21H25N3O4. The Morgan fingerprint density at radius 1 is 1.11 bits per heavy atom. The molecule has 7 nitrogen and oxygen atoms in total. The van der Waals surface area contributed by atoms with Gasteiger partial charge in [-0.15, -0.1) is 0 Å². The van der Waals surface area contributed by atoms with E-state index in [1.54, 1.807) is 41.1 Å². The zero-order valence-corrected chi connectivity index (χ0v) is 15.9. The zero-order chi connectivity index (χ0) is 19.9. The smallest absolute Gasteiger partial charge is 0.325 e. The fraction of sp³-hybridized carbons (Fsp3) is 0.333. The number of carboxylic acids is 1. The van der Waals surface area contributed by atoms with Gasteiger partial charge in [0.25, 0.3) is 0 Å². The van der Waals surface area contributed by atoms with Gasteiger partial charge in [-0.05, 0) is 30.3 Å². The highest BCUT2D eigenvalue weighted by atomic mass is 16.5. The van der Waals surface area contributed by atoms with Crippen molar-refractivity contribution in [3.05, 3.63) is 65.7 Å². The quantitative estimate of drug-likeness (QED) is 0.802. The number of anilines is 1. The van der Waals surface area contributed by atoms with Gasteiger partial charge in [0.15, 0.2) is 0 Å². The van der Waals surface area contributed by atoms with Crippen LogP contribution in [0.15, 0.2) is 54.6 Å². The predicted octanol–water partition coefficient (Wildman–Crippen LogP) is 2.81. The van der Waals surface area contributed by atoms with E-state index in [1.165, 1.54) is 0 Å². The van der Waals surface area contributed by atoms with E-state index < -0.39 is 12.0 Å². The van der Waals surface area contributed by atoms with Crippen molar-refractivity contribution in [1.29, 1.82) is 0 Å². The number of benzene rings is 2. The molecule has 28 heavy (non-hydrogen) atoms. The van der Waals surface area contributed by atoms with Gasteiger partial charge in [-0.25, -0.2) is 4.79 Å². The van der Waals surface area contributed by atoms with Crippen LogP contribution < -0.4 is 5.32 Å². The number of hydrogen-bond acceptors (Lipinski definition) is 4. The molecule has 0 saturated carbocycles. The van der Waals surface area contributed by atoms with Gasteiger partial charge >= 0.3 is 12.0 Å². The van der Waals surface area contributed by atoms with E-state index >= 15 is 0 Å². The third kappa shape index (κ3) is 5.09. The third-order valence-electron chi connectivity index (χ3n) is 4.73. The van der Waals surface area contributed by atoms with Gasteiger partial charge in [0.05, 0.1) is 13.2 Å². The number of nitrogens with zero attached hydrogens (tertiary/aromatic N) is 2. The lowest BCUT2D eigenvalue weighted by atomic mass is 10.0. The number of likely N-dealkylation sites (N-methyl/N-ethyl adjacent to an activating group) is 1. The third-order valence-corrected chi connectivity index (χ3v) is 4.73. The van der Waals surface area contributed by atoms with Crippen molar-refractivity contribution in [2.75, 3.05) is 38.7 Å². The molecule has 1 aliphatic rings. The summed E-state index contributed by atoms with van der Waals surface area (Å²) in [5.41, 5.74) is 2.34. The first-order chi connectivity index (χ1) is 13.5. The lowest BCUT2D eigenvalue weighted by Crippen LogP contribution is -2.43. The molecule has 1 heterocycles. The second kappa shape index (κ2) is 9.34. The molecule has 148 valence electrons. The van der Waals surface area contributed by atoms with Crippen LogP contribution in [0.3, 0.4) is 0 Å². The summed E-state index contributed by atoms with van der Waals surface area (Å²) in [5, 5.41) is 12.6. The van der Waals surface area contributed by atoms with Gasteiger partial charge in [0, 0.05) is 25.3 Å². The first-order valence-corrected chi connectivity index (χ1v) is 9.25. The van der Waals surface area contributed by atoms with E-state index in [0.29, 0.717) is 44.1 Å². The number of hydrogen-bond donors (Lipinski definition) is 2. The molecule has 2 amide bonds. The number of carboxylic acid groups (broad SMARTS) is 1. The highest BCUT2D eigenvalue weighted by molar-refractivity contribution is 5.89. The van der Waals surface area contributed by atoms with Crippen LogP contribution in [0.25, 0.3) is 0 Å². The van der Waals surface area contributed by atoms with E-state index in [9.17, 15) is 14.7 Å². The minimum absolute atomic E-state index is 0.174. The van der Waals surface area contributed by atoms with Crippen molar-refractivity contribution >= 4 is 17.7 Å². The largest absolute Gasteiger partial charge is 0.480 e. The molecule has 0 aliphatic carbocycles. The van der Waals surface area contributed by atoms with Crippen LogP contribution >= 0.6 is 0 Å². The number of ether oxygens (including phenoxy) is 1. The van der Waals surface area contributed by atoms with Gasteiger partial charge in [0.2, 0.25) is 0 Å². The van der Waals surface area contributed by atoms with E-state index in [2.05, 4.69) is 5.32 Å². The maximum atomic E-state index is 12.3. The van der Waals surface area contributed by atoms with Crippen LogP contribution in [-0.4, -0.2) is 60.3 Å². The second-order valence-corrected chi connectivity index (χ2v) is 6.79. The average Bonchev–Trinajstić information content (AvgIpc) is 2.70. The van der Waals surface area contributed by atoms with Crippen LogP contribution in [-0.2, 0) is 16.1 Å². The number of nitrogens with one attached hydrogen (secondary N) is 1. The van der Waals surface area contributed by atoms with Crippen molar-refractivity contribution in [1.82, 2.24) is 9.80 Å². The van der Waals surface area contributed by atoms with Crippen molar-refractivity contribution in [3.63, 3.8) is 0 Å².